The summed E-state index contributed by atoms with van der Waals surface area (Å²) in [5.74, 6) is 0.469. The fourth-order valence-electron chi connectivity index (χ4n) is 4.10. The highest BCUT2D eigenvalue weighted by Crippen LogP contribution is 2.56. The molecule has 4 aromatic carbocycles. The first kappa shape index (κ1) is 28.8. The van der Waals surface area contributed by atoms with Crippen molar-refractivity contribution in [2.24, 2.45) is 0 Å². The van der Waals surface area contributed by atoms with Gasteiger partial charge in [0.1, 0.15) is 21.3 Å². The molecule has 11 heteroatoms. The molecular weight excluding hydrogens is 578 g/mol. The lowest BCUT2D eigenvalue weighted by molar-refractivity contribution is -1.92. The lowest BCUT2D eigenvalue weighted by Crippen LogP contribution is -2.58. The van der Waals surface area contributed by atoms with Gasteiger partial charge in [-0.3, -0.25) is 0 Å². The van der Waals surface area contributed by atoms with E-state index in [1.807, 2.05) is 78.9 Å². The molecule has 0 aliphatic rings. The van der Waals surface area contributed by atoms with E-state index in [0.717, 1.165) is 38.7 Å². The Bertz CT molecular complexity index is 1440. The summed E-state index contributed by atoms with van der Waals surface area (Å²) in [4.78, 5) is 5.10. The summed E-state index contributed by atoms with van der Waals surface area (Å²) in [5.41, 5.74) is 1.59. The van der Waals surface area contributed by atoms with E-state index in [2.05, 4.69) is 41.8 Å². The summed E-state index contributed by atoms with van der Waals surface area (Å²) in [6, 6.07) is 38.6. The van der Waals surface area contributed by atoms with E-state index in [4.69, 9.17) is 39.6 Å². The van der Waals surface area contributed by atoms with Crippen molar-refractivity contribution >= 4 is 52.0 Å². The van der Waals surface area contributed by atoms with Gasteiger partial charge < -0.3 is 4.42 Å². The average Bonchev–Trinajstić information content (AvgIpc) is 3.35. The normalized spacial score (nSPS) is 11.3. The van der Waals surface area contributed by atoms with Gasteiger partial charge >= 0.3 is 0 Å². The first-order chi connectivity index (χ1) is 18.7. The number of oxazole rings is 1. The Labute approximate surface area is 237 Å². The minimum atomic E-state index is -4.69. The van der Waals surface area contributed by atoms with Crippen LogP contribution in [0.5, 0.6) is 0 Å². The molecule has 0 unspecified atom stereocenters. The summed E-state index contributed by atoms with van der Waals surface area (Å²) < 4.78 is 39.0. The van der Waals surface area contributed by atoms with Crippen molar-refractivity contribution in [2.45, 2.75) is 5.09 Å². The van der Waals surface area contributed by atoms with Crippen LogP contribution in [0.1, 0.15) is 0 Å². The highest BCUT2D eigenvalue weighted by atomic mass is 35.7. The number of hydrogen-bond donors (Lipinski definition) is 1. The van der Waals surface area contributed by atoms with Gasteiger partial charge in [-0.15, -0.1) is 0 Å². The Morgan fingerprint density at radius 2 is 1.18 bits per heavy atom. The van der Waals surface area contributed by atoms with Crippen LogP contribution in [0.15, 0.2) is 125 Å². The van der Waals surface area contributed by atoms with Gasteiger partial charge in [0.25, 0.3) is 5.44 Å². The molecular formula is C28H20Cl2N2O5PS+. The smallest absolute Gasteiger partial charge is 0.252 e. The van der Waals surface area contributed by atoms with Gasteiger partial charge in [0.05, 0.1) is 14.9 Å². The summed E-state index contributed by atoms with van der Waals surface area (Å²) in [6.07, 6.45) is 0. The molecule has 7 nitrogen and oxygen atoms in total. The third-order valence-electron chi connectivity index (χ3n) is 5.56. The topological polar surface area (TPSA) is 139 Å². The third-order valence-corrected chi connectivity index (χ3v) is 10.7. The van der Waals surface area contributed by atoms with Crippen LogP contribution in [0.25, 0.3) is 11.5 Å². The number of benzene rings is 4. The first-order valence-electron chi connectivity index (χ1n) is 11.3. The minimum Gasteiger partial charge on any atom is -0.424 e. The minimum absolute atomic E-state index is 0.469. The standard InChI is InChI=1S/C28H19ClN2OPS.ClHO4/c29-22-18-16-21(17-19-22)26-31-27(28(32-26)34-20-30)33(23-10-4-1-5-11-23,24-12-6-2-7-13-24)25-14-8-3-9-15-25;2-1(3,4)5/h1-19H;(H,2,3,4,5)/q+1;. The number of hydrogen-bond acceptors (Lipinski definition) is 8. The molecule has 0 amide bonds. The van der Waals surface area contributed by atoms with E-state index in [1.165, 1.54) is 0 Å². The van der Waals surface area contributed by atoms with Crippen molar-refractivity contribution in [3.05, 3.63) is 120 Å². The van der Waals surface area contributed by atoms with Gasteiger partial charge in [0.15, 0.2) is 7.26 Å². The number of thioether (sulfide) groups is 1. The second-order valence-corrected chi connectivity index (χ2v) is 13.2. The number of aromatic nitrogens is 1. The molecule has 39 heavy (non-hydrogen) atoms. The Kier molecular flexibility index (Phi) is 9.41. The van der Waals surface area contributed by atoms with Crippen LogP contribution < -0.4 is 35.3 Å². The van der Waals surface area contributed by atoms with Gasteiger partial charge in [0.2, 0.25) is 11.0 Å². The van der Waals surface area contributed by atoms with Crippen molar-refractivity contribution < 1.29 is 33.3 Å². The van der Waals surface area contributed by atoms with Crippen LogP contribution in [0.3, 0.4) is 0 Å². The second-order valence-electron chi connectivity index (χ2n) is 7.90. The maximum absolute atomic E-state index is 9.66. The predicted molar refractivity (Wildman–Crippen MR) is 145 cm³/mol. The van der Waals surface area contributed by atoms with Crippen LogP contribution >= 0.6 is 30.6 Å². The Morgan fingerprint density at radius 1 is 0.769 bits per heavy atom. The molecule has 1 aromatic heterocycles. The van der Waals surface area contributed by atoms with Crippen molar-refractivity contribution in [1.82, 2.24) is 4.98 Å². The van der Waals surface area contributed by atoms with Crippen LogP contribution in [0.4, 0.5) is 0 Å². The van der Waals surface area contributed by atoms with E-state index >= 15 is 0 Å². The van der Waals surface area contributed by atoms with E-state index in [9.17, 15) is 5.26 Å². The molecule has 0 saturated heterocycles. The van der Waals surface area contributed by atoms with Gasteiger partial charge in [-0.2, -0.15) is 24.2 Å². The third kappa shape index (κ3) is 6.87. The quantitative estimate of drug-likeness (QED) is 0.178. The Hall–Kier alpha value is -3.22. The van der Waals surface area contributed by atoms with Crippen LogP contribution in [0, 0.1) is 20.9 Å². The molecule has 0 aliphatic heterocycles. The molecule has 0 radical (unpaired) electrons. The van der Waals surface area contributed by atoms with Gasteiger partial charge in [-0.1, -0.05) is 66.2 Å². The zero-order chi connectivity index (χ0) is 27.9. The molecule has 0 atom stereocenters. The fourth-order valence-corrected chi connectivity index (χ4v) is 9.16. The zero-order valence-electron chi connectivity index (χ0n) is 20.1. The lowest BCUT2D eigenvalue weighted by Gasteiger charge is -2.25. The predicted octanol–water partition coefficient (Wildman–Crippen LogP) is 2.06. The van der Waals surface area contributed by atoms with Gasteiger partial charge in [-0.25, -0.2) is 0 Å². The summed E-state index contributed by atoms with van der Waals surface area (Å²) >= 11 is 7.11. The van der Waals surface area contributed by atoms with E-state index < -0.39 is 17.5 Å². The molecule has 5 aromatic rings. The molecule has 196 valence electrons. The molecule has 0 aliphatic carbocycles. The van der Waals surface area contributed by atoms with Gasteiger partial charge in [0, 0.05) is 22.3 Å². The van der Waals surface area contributed by atoms with E-state index in [1.54, 1.807) is 0 Å². The largest absolute Gasteiger partial charge is 0.424 e. The molecule has 1 N–H and O–H groups in total. The zero-order valence-corrected chi connectivity index (χ0v) is 23.3. The number of nitrogens with zero attached hydrogens (tertiary/aromatic N) is 2. The Balaban J connectivity index is 0.000000648. The number of rotatable bonds is 6. The SMILES string of the molecule is N#CSc1oc(-c2ccc(Cl)cc2)nc1[P+](c1ccccc1)(c1ccccc1)c1ccccc1.[O-][Cl+3]([O-])([O-])O. The van der Waals surface area contributed by atoms with Crippen molar-refractivity contribution in [2.75, 3.05) is 0 Å². The van der Waals surface area contributed by atoms with E-state index in [0.29, 0.717) is 16.0 Å². The molecule has 5 rings (SSSR count). The van der Waals surface area contributed by atoms with Crippen LogP contribution in [-0.2, 0) is 0 Å². The molecule has 1 heterocycles. The summed E-state index contributed by atoms with van der Waals surface area (Å²) in [7, 11) is -7.18. The van der Waals surface area contributed by atoms with Gasteiger partial charge in [-0.05, 0) is 60.7 Å². The summed E-state index contributed by atoms with van der Waals surface area (Å²) in [5, 5.41) is 16.4. The molecule has 0 saturated carbocycles. The number of thiocyanates is 1. The lowest BCUT2D eigenvalue weighted by atomic mass is 10.2. The van der Waals surface area contributed by atoms with Crippen molar-refractivity contribution in [3.63, 3.8) is 0 Å². The van der Waals surface area contributed by atoms with E-state index in [-0.39, 0.29) is 0 Å². The molecule has 0 bridgehead atoms. The van der Waals surface area contributed by atoms with Crippen LogP contribution in [0.2, 0.25) is 5.02 Å². The highest BCUT2D eigenvalue weighted by molar-refractivity contribution is 8.06. The highest BCUT2D eigenvalue weighted by Gasteiger charge is 2.53. The summed E-state index contributed by atoms with van der Waals surface area (Å²) in [6.45, 7) is 0. The maximum atomic E-state index is 9.66. The van der Waals surface area contributed by atoms with Crippen molar-refractivity contribution in [1.29, 1.82) is 5.26 Å². The van der Waals surface area contributed by atoms with Crippen molar-refractivity contribution in [3.8, 4) is 16.9 Å². The monoisotopic (exact) mass is 597 g/mol. The maximum Gasteiger partial charge on any atom is 0.252 e. The molecule has 0 fully saturated rings. The molecule has 0 spiro atoms. The fraction of sp³-hybridized carbons (Fsp3) is 0. The number of nitriles is 1. The Morgan fingerprint density at radius 3 is 1.56 bits per heavy atom. The second kappa shape index (κ2) is 12.8. The number of halogens is 2. The first-order valence-corrected chi connectivity index (χ1v) is 15.5. The average molecular weight is 598 g/mol. The van der Waals surface area contributed by atoms with Crippen LogP contribution in [-0.4, -0.2) is 9.64 Å².